The highest BCUT2D eigenvalue weighted by atomic mass is 79.9. The van der Waals surface area contributed by atoms with Crippen LogP contribution in [0.4, 0.5) is 0 Å². The summed E-state index contributed by atoms with van der Waals surface area (Å²) in [5.41, 5.74) is 5.04. The molecule has 3 nitrogen and oxygen atoms in total. The number of alkyl halides is 1. The normalized spacial score (nSPS) is 11.5. The highest BCUT2D eigenvalue weighted by Gasteiger charge is 2.16. The molecule has 0 saturated heterocycles. The van der Waals surface area contributed by atoms with Crippen molar-refractivity contribution in [2.45, 2.75) is 0 Å². The minimum absolute atomic E-state index is 0.244. The fourth-order valence-electron chi connectivity index (χ4n) is 0.730. The van der Waals surface area contributed by atoms with Crippen LogP contribution in [0.1, 0.15) is 0 Å². The van der Waals surface area contributed by atoms with Gasteiger partial charge in [0.25, 0.3) is 5.91 Å². The first-order valence-electron chi connectivity index (χ1n) is 3.14. The van der Waals surface area contributed by atoms with Crippen molar-refractivity contribution in [3.63, 3.8) is 0 Å². The van der Waals surface area contributed by atoms with Crippen molar-refractivity contribution in [3.05, 3.63) is 0 Å². The first kappa shape index (κ1) is 9.91. The van der Waals surface area contributed by atoms with Gasteiger partial charge in [0, 0.05) is 0 Å². The number of carbonyl (C=O) groups excluding carboxylic acids is 1. The van der Waals surface area contributed by atoms with Gasteiger partial charge in [-0.05, 0) is 0 Å². The van der Waals surface area contributed by atoms with E-state index in [1.807, 2.05) is 14.1 Å². The van der Waals surface area contributed by atoms with Crippen molar-refractivity contribution >= 4 is 21.8 Å². The van der Waals surface area contributed by atoms with Crippen LogP contribution in [0.2, 0.25) is 0 Å². The van der Waals surface area contributed by atoms with Gasteiger partial charge in [-0.1, -0.05) is 15.9 Å². The molecule has 0 fully saturated rings. The molecule has 0 bridgehead atoms. The van der Waals surface area contributed by atoms with Gasteiger partial charge in [-0.3, -0.25) is 4.79 Å². The molecule has 0 radical (unpaired) electrons. The van der Waals surface area contributed by atoms with E-state index in [1.54, 1.807) is 0 Å². The maximum absolute atomic E-state index is 10.5. The molecule has 0 aliphatic rings. The molecular formula is C6H14BrN2O+. The number of amides is 1. The number of halogens is 1. The molecule has 10 heavy (non-hydrogen) atoms. The molecule has 0 heterocycles. The quantitative estimate of drug-likeness (QED) is 0.512. The first-order chi connectivity index (χ1) is 4.48. The molecule has 0 aromatic heterocycles. The molecule has 0 aliphatic carbocycles. The molecule has 0 spiro atoms. The average Bonchev–Trinajstić information content (AvgIpc) is 1.59. The van der Waals surface area contributed by atoms with E-state index in [0.717, 1.165) is 11.9 Å². The van der Waals surface area contributed by atoms with Crippen LogP contribution in [0.15, 0.2) is 0 Å². The Kier molecular flexibility index (Phi) is 3.89. The van der Waals surface area contributed by atoms with Gasteiger partial charge in [0.1, 0.15) is 0 Å². The van der Waals surface area contributed by atoms with Crippen LogP contribution in [0, 0.1) is 0 Å². The fraction of sp³-hybridized carbons (Fsp3) is 0.833. The maximum Gasteiger partial charge on any atom is 0.272 e. The lowest BCUT2D eigenvalue weighted by Gasteiger charge is -2.26. The predicted octanol–water partition coefficient (Wildman–Crippen LogP) is -0.0570. The van der Waals surface area contributed by atoms with E-state index in [4.69, 9.17) is 5.73 Å². The van der Waals surface area contributed by atoms with Crippen LogP contribution in [-0.2, 0) is 4.79 Å². The summed E-state index contributed by atoms with van der Waals surface area (Å²) in [6.07, 6.45) is 0. The molecule has 60 valence electrons. The Morgan fingerprint density at radius 2 is 2.10 bits per heavy atom. The van der Waals surface area contributed by atoms with Crippen molar-refractivity contribution in [2.24, 2.45) is 5.73 Å². The van der Waals surface area contributed by atoms with Crippen molar-refractivity contribution in [1.82, 2.24) is 0 Å². The first-order valence-corrected chi connectivity index (χ1v) is 4.26. The molecule has 0 aromatic carbocycles. The topological polar surface area (TPSA) is 43.1 Å². The zero-order chi connectivity index (χ0) is 8.20. The third-order valence-corrected chi connectivity index (χ3v) is 1.63. The van der Waals surface area contributed by atoms with Crippen LogP contribution in [0.25, 0.3) is 0 Å². The van der Waals surface area contributed by atoms with Crippen LogP contribution in [0.5, 0.6) is 0 Å². The second-order valence-corrected chi connectivity index (χ2v) is 3.77. The molecule has 4 heteroatoms. The molecule has 0 atom stereocenters. The third kappa shape index (κ3) is 4.76. The fourth-order valence-corrected chi connectivity index (χ4v) is 1.69. The van der Waals surface area contributed by atoms with Crippen LogP contribution < -0.4 is 5.73 Å². The van der Waals surface area contributed by atoms with E-state index in [1.165, 1.54) is 0 Å². The second-order valence-electron chi connectivity index (χ2n) is 2.97. The second kappa shape index (κ2) is 3.93. The van der Waals surface area contributed by atoms with E-state index in [2.05, 4.69) is 15.9 Å². The van der Waals surface area contributed by atoms with Gasteiger partial charge >= 0.3 is 0 Å². The number of likely N-dealkylation sites (N-methyl/N-ethyl adjacent to an activating group) is 1. The molecule has 0 unspecified atom stereocenters. The van der Waals surface area contributed by atoms with Crippen molar-refractivity contribution in [1.29, 1.82) is 0 Å². The standard InChI is InChI=1S/C6H13BrN2O/c1-9(2,4-3-7)5-6(8)10/h3-5H2,1-2H3,(H-,8,10)/p+1. The van der Waals surface area contributed by atoms with Gasteiger partial charge in [0.15, 0.2) is 6.54 Å². The summed E-state index contributed by atoms with van der Waals surface area (Å²) in [5.74, 6) is -0.244. The summed E-state index contributed by atoms with van der Waals surface area (Å²) >= 11 is 3.31. The average molecular weight is 210 g/mol. The molecule has 0 aromatic rings. The monoisotopic (exact) mass is 209 g/mol. The van der Waals surface area contributed by atoms with Crippen molar-refractivity contribution < 1.29 is 9.28 Å². The van der Waals surface area contributed by atoms with Crippen molar-refractivity contribution in [2.75, 3.05) is 32.5 Å². The summed E-state index contributed by atoms with van der Waals surface area (Å²) in [5, 5.41) is 0.896. The van der Waals surface area contributed by atoms with E-state index < -0.39 is 0 Å². The number of carbonyl (C=O) groups is 1. The highest BCUT2D eigenvalue weighted by Crippen LogP contribution is 1.96. The Morgan fingerprint density at radius 3 is 2.40 bits per heavy atom. The SMILES string of the molecule is C[N+](C)(CCBr)CC(N)=O. The number of quaternary nitrogens is 1. The lowest BCUT2D eigenvalue weighted by Crippen LogP contribution is -2.47. The smallest absolute Gasteiger partial charge is 0.272 e. The number of hydrogen-bond acceptors (Lipinski definition) is 1. The summed E-state index contributed by atoms with van der Waals surface area (Å²) in [6, 6.07) is 0. The molecule has 0 saturated carbocycles. The molecule has 0 aliphatic heterocycles. The number of hydrogen-bond donors (Lipinski definition) is 1. The Morgan fingerprint density at radius 1 is 1.60 bits per heavy atom. The zero-order valence-corrected chi connectivity index (χ0v) is 8.02. The lowest BCUT2D eigenvalue weighted by atomic mass is 10.4. The van der Waals surface area contributed by atoms with Crippen LogP contribution >= 0.6 is 15.9 Å². The number of primary amides is 1. The minimum atomic E-state index is -0.244. The summed E-state index contributed by atoms with van der Waals surface area (Å²) in [7, 11) is 3.96. The van der Waals surface area contributed by atoms with Gasteiger partial charge in [0.05, 0.1) is 26.0 Å². The highest BCUT2D eigenvalue weighted by molar-refractivity contribution is 9.09. The predicted molar refractivity (Wildman–Crippen MR) is 44.8 cm³/mol. The number of rotatable bonds is 4. The molecule has 1 amide bonds. The van der Waals surface area contributed by atoms with E-state index in [-0.39, 0.29) is 5.91 Å². The molecular weight excluding hydrogens is 196 g/mol. The Labute approximate surface area is 69.9 Å². The van der Waals surface area contributed by atoms with E-state index in [0.29, 0.717) is 11.0 Å². The Hall–Kier alpha value is -0.0900. The number of nitrogens with two attached hydrogens (primary N) is 1. The largest absolute Gasteiger partial charge is 0.365 e. The Bertz CT molecular complexity index is 125. The van der Waals surface area contributed by atoms with Gasteiger partial charge in [0.2, 0.25) is 0 Å². The van der Waals surface area contributed by atoms with Gasteiger partial charge < -0.3 is 10.2 Å². The van der Waals surface area contributed by atoms with Crippen LogP contribution in [-0.4, -0.2) is 42.9 Å². The summed E-state index contributed by atoms with van der Waals surface area (Å²) in [6.45, 7) is 1.33. The molecule has 2 N–H and O–H groups in total. The summed E-state index contributed by atoms with van der Waals surface area (Å²) in [4.78, 5) is 10.5. The van der Waals surface area contributed by atoms with E-state index >= 15 is 0 Å². The van der Waals surface area contributed by atoms with Gasteiger partial charge in [-0.2, -0.15) is 0 Å². The lowest BCUT2D eigenvalue weighted by molar-refractivity contribution is -0.879. The van der Waals surface area contributed by atoms with Crippen LogP contribution in [0.3, 0.4) is 0 Å². The maximum atomic E-state index is 10.5. The minimum Gasteiger partial charge on any atom is -0.365 e. The number of nitrogens with zero attached hydrogens (tertiary/aromatic N) is 1. The van der Waals surface area contributed by atoms with Gasteiger partial charge in [-0.25, -0.2) is 0 Å². The summed E-state index contributed by atoms with van der Waals surface area (Å²) < 4.78 is 0.653. The third-order valence-electron chi connectivity index (χ3n) is 1.27. The van der Waals surface area contributed by atoms with Gasteiger partial charge in [-0.15, -0.1) is 0 Å². The van der Waals surface area contributed by atoms with Crippen molar-refractivity contribution in [3.8, 4) is 0 Å². The zero-order valence-electron chi connectivity index (χ0n) is 6.43. The molecule has 0 rings (SSSR count). The van der Waals surface area contributed by atoms with E-state index in [9.17, 15) is 4.79 Å². The Balaban J connectivity index is 3.74.